The quantitative estimate of drug-likeness (QED) is 0.557. The third-order valence-corrected chi connectivity index (χ3v) is 2.50. The molecular weight excluding hydrogens is 254 g/mol. The minimum absolute atomic E-state index is 0.0309. The minimum Gasteiger partial charge on any atom is -0.493 e. The lowest BCUT2D eigenvalue weighted by Crippen LogP contribution is -2.28. The zero-order chi connectivity index (χ0) is 14.8. The molecule has 0 saturated carbocycles. The van der Waals surface area contributed by atoms with Crippen LogP contribution < -0.4 is 10.1 Å². The van der Waals surface area contributed by atoms with Crippen LogP contribution in [0.25, 0.3) is 0 Å². The fraction of sp³-hybridized carbons (Fsp3) is 0.438. The number of carbonyl (C=O) groups is 1. The van der Waals surface area contributed by atoms with Crippen LogP contribution in [0.5, 0.6) is 5.75 Å². The Morgan fingerprint density at radius 1 is 1.35 bits per heavy atom. The summed E-state index contributed by atoms with van der Waals surface area (Å²) in [5.41, 5.74) is 2.12. The van der Waals surface area contributed by atoms with Gasteiger partial charge in [0.25, 0.3) is 0 Å². The van der Waals surface area contributed by atoms with Gasteiger partial charge in [-0.25, -0.2) is 0 Å². The molecule has 0 unspecified atom stereocenters. The molecule has 4 heteroatoms. The monoisotopic (exact) mass is 277 g/mol. The summed E-state index contributed by atoms with van der Waals surface area (Å²) in [4.78, 5) is 11.5. The van der Waals surface area contributed by atoms with Gasteiger partial charge in [-0.1, -0.05) is 24.3 Å². The summed E-state index contributed by atoms with van der Waals surface area (Å²) in [6.07, 6.45) is 0.342. The SMILES string of the molecule is C=C(C)COCCNC(=O)CCOc1cccc(C)c1. The van der Waals surface area contributed by atoms with Crippen LogP contribution >= 0.6 is 0 Å². The number of carbonyl (C=O) groups excluding carboxylic acids is 1. The maximum absolute atomic E-state index is 11.5. The zero-order valence-electron chi connectivity index (χ0n) is 12.3. The number of benzene rings is 1. The van der Waals surface area contributed by atoms with E-state index >= 15 is 0 Å². The molecule has 0 aromatic heterocycles. The number of amides is 1. The van der Waals surface area contributed by atoms with Gasteiger partial charge in [0.15, 0.2) is 0 Å². The molecule has 1 rings (SSSR count). The van der Waals surface area contributed by atoms with E-state index in [4.69, 9.17) is 9.47 Å². The standard InChI is InChI=1S/C16H23NO3/c1-13(2)12-19-10-8-17-16(18)7-9-20-15-6-4-5-14(3)11-15/h4-6,11H,1,7-10,12H2,2-3H3,(H,17,18). The molecule has 0 aliphatic carbocycles. The van der Waals surface area contributed by atoms with Crippen molar-refractivity contribution in [3.8, 4) is 5.75 Å². The van der Waals surface area contributed by atoms with Gasteiger partial charge in [-0.2, -0.15) is 0 Å². The van der Waals surface area contributed by atoms with Gasteiger partial charge in [0.2, 0.25) is 5.91 Å². The summed E-state index contributed by atoms with van der Waals surface area (Å²) in [6, 6.07) is 7.77. The van der Waals surface area contributed by atoms with Crippen molar-refractivity contribution in [1.29, 1.82) is 0 Å². The molecule has 0 aliphatic heterocycles. The van der Waals surface area contributed by atoms with E-state index in [0.717, 1.165) is 16.9 Å². The van der Waals surface area contributed by atoms with Crippen molar-refractivity contribution < 1.29 is 14.3 Å². The second-order valence-corrected chi connectivity index (χ2v) is 4.77. The number of nitrogens with one attached hydrogen (secondary N) is 1. The van der Waals surface area contributed by atoms with Gasteiger partial charge in [-0.15, -0.1) is 0 Å². The molecule has 0 heterocycles. The summed E-state index contributed by atoms with van der Waals surface area (Å²) in [5, 5.41) is 2.78. The third-order valence-electron chi connectivity index (χ3n) is 2.50. The summed E-state index contributed by atoms with van der Waals surface area (Å²) in [6.45, 7) is 9.56. The summed E-state index contributed by atoms with van der Waals surface area (Å²) >= 11 is 0. The van der Waals surface area contributed by atoms with E-state index in [2.05, 4.69) is 11.9 Å². The molecule has 0 saturated heterocycles. The summed E-state index contributed by atoms with van der Waals surface area (Å²) in [7, 11) is 0. The van der Waals surface area contributed by atoms with Crippen molar-refractivity contribution >= 4 is 5.91 Å². The van der Waals surface area contributed by atoms with Crippen LogP contribution in [0.4, 0.5) is 0 Å². The van der Waals surface area contributed by atoms with E-state index in [1.807, 2.05) is 38.1 Å². The molecular formula is C16H23NO3. The van der Waals surface area contributed by atoms with Crippen molar-refractivity contribution in [1.82, 2.24) is 5.32 Å². The van der Waals surface area contributed by atoms with E-state index in [0.29, 0.717) is 32.8 Å². The molecule has 0 radical (unpaired) electrons. The second kappa shape index (κ2) is 9.15. The fourth-order valence-electron chi connectivity index (χ4n) is 1.56. The Balaban J connectivity index is 2.07. The molecule has 0 bridgehead atoms. The second-order valence-electron chi connectivity index (χ2n) is 4.77. The zero-order valence-corrected chi connectivity index (χ0v) is 12.3. The highest BCUT2D eigenvalue weighted by Crippen LogP contribution is 2.12. The first-order valence-corrected chi connectivity index (χ1v) is 6.76. The maximum atomic E-state index is 11.5. The van der Waals surface area contributed by atoms with Gasteiger partial charge in [0.05, 0.1) is 26.2 Å². The first-order chi connectivity index (χ1) is 9.58. The average Bonchev–Trinajstić information content (AvgIpc) is 2.38. The topological polar surface area (TPSA) is 47.6 Å². The van der Waals surface area contributed by atoms with Gasteiger partial charge in [-0.3, -0.25) is 4.79 Å². The molecule has 4 nitrogen and oxygen atoms in total. The molecule has 0 aliphatic rings. The molecule has 1 N–H and O–H groups in total. The first-order valence-electron chi connectivity index (χ1n) is 6.76. The highest BCUT2D eigenvalue weighted by Gasteiger charge is 2.01. The van der Waals surface area contributed by atoms with Crippen LogP contribution in [0.2, 0.25) is 0 Å². The number of hydrogen-bond donors (Lipinski definition) is 1. The van der Waals surface area contributed by atoms with E-state index in [1.54, 1.807) is 0 Å². The number of aryl methyl sites for hydroxylation is 1. The summed E-state index contributed by atoms with van der Waals surface area (Å²) in [5.74, 6) is 0.763. The Labute approximate surface area is 120 Å². The Morgan fingerprint density at radius 3 is 2.85 bits per heavy atom. The number of ether oxygens (including phenoxy) is 2. The Kier molecular flexibility index (Phi) is 7.43. The highest BCUT2D eigenvalue weighted by atomic mass is 16.5. The van der Waals surface area contributed by atoms with E-state index in [1.165, 1.54) is 0 Å². The lowest BCUT2D eigenvalue weighted by molar-refractivity contribution is -0.121. The molecule has 20 heavy (non-hydrogen) atoms. The molecule has 1 aromatic rings. The van der Waals surface area contributed by atoms with Crippen molar-refractivity contribution in [2.24, 2.45) is 0 Å². The van der Waals surface area contributed by atoms with Crippen LogP contribution in [-0.2, 0) is 9.53 Å². The van der Waals surface area contributed by atoms with Gasteiger partial charge in [0, 0.05) is 6.54 Å². The molecule has 110 valence electrons. The maximum Gasteiger partial charge on any atom is 0.223 e. The molecule has 1 aromatic carbocycles. The third kappa shape index (κ3) is 7.59. The first kappa shape index (κ1) is 16.2. The van der Waals surface area contributed by atoms with Crippen molar-refractivity contribution in [3.63, 3.8) is 0 Å². The van der Waals surface area contributed by atoms with Crippen molar-refractivity contribution in [3.05, 3.63) is 42.0 Å². The Hall–Kier alpha value is -1.81. The Bertz CT molecular complexity index is 443. The molecule has 0 fully saturated rings. The van der Waals surface area contributed by atoms with Crippen LogP contribution in [0.15, 0.2) is 36.4 Å². The number of hydrogen-bond acceptors (Lipinski definition) is 3. The molecule has 1 amide bonds. The van der Waals surface area contributed by atoms with Crippen molar-refractivity contribution in [2.75, 3.05) is 26.4 Å². The molecule has 0 atom stereocenters. The van der Waals surface area contributed by atoms with Gasteiger partial charge >= 0.3 is 0 Å². The Morgan fingerprint density at radius 2 is 2.15 bits per heavy atom. The predicted molar refractivity (Wildman–Crippen MR) is 79.9 cm³/mol. The normalized spacial score (nSPS) is 10.1. The smallest absolute Gasteiger partial charge is 0.223 e. The average molecular weight is 277 g/mol. The van der Waals surface area contributed by atoms with Gasteiger partial charge in [0.1, 0.15) is 5.75 Å². The lowest BCUT2D eigenvalue weighted by atomic mass is 10.2. The van der Waals surface area contributed by atoms with Gasteiger partial charge in [-0.05, 0) is 31.5 Å². The fourth-order valence-corrected chi connectivity index (χ4v) is 1.56. The van der Waals surface area contributed by atoms with Crippen LogP contribution in [0, 0.1) is 6.92 Å². The molecule has 0 spiro atoms. The van der Waals surface area contributed by atoms with Crippen LogP contribution in [-0.4, -0.2) is 32.3 Å². The van der Waals surface area contributed by atoms with E-state index < -0.39 is 0 Å². The van der Waals surface area contributed by atoms with Crippen LogP contribution in [0.3, 0.4) is 0 Å². The van der Waals surface area contributed by atoms with Crippen molar-refractivity contribution in [2.45, 2.75) is 20.3 Å². The highest BCUT2D eigenvalue weighted by molar-refractivity contribution is 5.75. The van der Waals surface area contributed by atoms with Gasteiger partial charge < -0.3 is 14.8 Å². The van der Waals surface area contributed by atoms with E-state index in [-0.39, 0.29) is 5.91 Å². The number of rotatable bonds is 9. The largest absolute Gasteiger partial charge is 0.493 e. The van der Waals surface area contributed by atoms with Crippen LogP contribution in [0.1, 0.15) is 18.9 Å². The lowest BCUT2D eigenvalue weighted by Gasteiger charge is -2.08. The summed E-state index contributed by atoms with van der Waals surface area (Å²) < 4.78 is 10.8. The van der Waals surface area contributed by atoms with E-state index in [9.17, 15) is 4.79 Å². The predicted octanol–water partition coefficient (Wildman–Crippen LogP) is 2.47. The minimum atomic E-state index is -0.0309.